The molecular formula is C16H13F5N4O2. The summed E-state index contributed by atoms with van der Waals surface area (Å²) in [6, 6.07) is 3.38. The molecule has 2 aromatic heterocycles. The smallest absolute Gasteiger partial charge is 0.291 e. The predicted molar refractivity (Wildman–Crippen MR) is 85.8 cm³/mol. The number of hydrogen-bond donors (Lipinski definition) is 2. The van der Waals surface area contributed by atoms with Gasteiger partial charge in [0.25, 0.3) is 12.0 Å². The number of aromatic amines is 2. The normalized spacial score (nSPS) is 13.4. The van der Waals surface area contributed by atoms with E-state index in [-0.39, 0.29) is 12.1 Å². The summed E-state index contributed by atoms with van der Waals surface area (Å²) in [5, 5.41) is 3.30. The topological polar surface area (TPSA) is 83.5 Å². The summed E-state index contributed by atoms with van der Waals surface area (Å²) >= 11 is 0. The molecule has 0 amide bonds. The third-order valence-corrected chi connectivity index (χ3v) is 4.13. The van der Waals surface area contributed by atoms with Crippen molar-refractivity contribution < 1.29 is 22.0 Å². The second-order valence-electron chi connectivity index (χ2n) is 5.81. The number of alkyl halides is 5. The summed E-state index contributed by atoms with van der Waals surface area (Å²) in [6.45, 7) is 1.67. The van der Waals surface area contributed by atoms with Crippen LogP contribution in [0.3, 0.4) is 0 Å². The molecule has 2 heterocycles. The van der Waals surface area contributed by atoms with Crippen LogP contribution in [0.5, 0.6) is 0 Å². The van der Waals surface area contributed by atoms with Gasteiger partial charge in [0.1, 0.15) is 16.7 Å². The van der Waals surface area contributed by atoms with E-state index in [1.807, 2.05) is 4.98 Å². The van der Waals surface area contributed by atoms with Gasteiger partial charge in [-0.1, -0.05) is 19.1 Å². The lowest BCUT2D eigenvalue weighted by Crippen LogP contribution is -2.23. The molecule has 1 atom stereocenters. The average Bonchev–Trinajstić information content (AvgIpc) is 2.95. The Labute approximate surface area is 147 Å². The van der Waals surface area contributed by atoms with Crippen molar-refractivity contribution in [2.75, 3.05) is 0 Å². The van der Waals surface area contributed by atoms with Crippen LogP contribution in [-0.4, -0.2) is 19.7 Å². The van der Waals surface area contributed by atoms with Gasteiger partial charge in [-0.3, -0.25) is 14.8 Å². The molecule has 144 valence electrons. The second kappa shape index (κ2) is 6.63. The van der Waals surface area contributed by atoms with Crippen LogP contribution in [0.1, 0.15) is 42.6 Å². The van der Waals surface area contributed by atoms with Crippen molar-refractivity contribution in [3.05, 3.63) is 61.9 Å². The molecule has 0 saturated carbocycles. The van der Waals surface area contributed by atoms with Crippen molar-refractivity contribution >= 4 is 11.0 Å². The minimum atomic E-state index is -4.51. The van der Waals surface area contributed by atoms with E-state index in [0.29, 0.717) is 5.56 Å². The molecule has 3 rings (SSSR count). The molecule has 0 fully saturated rings. The Kier molecular flexibility index (Phi) is 4.62. The fourth-order valence-electron chi connectivity index (χ4n) is 2.92. The quantitative estimate of drug-likeness (QED) is 0.673. The third-order valence-electron chi connectivity index (χ3n) is 4.13. The second-order valence-corrected chi connectivity index (χ2v) is 5.81. The lowest BCUT2D eigenvalue weighted by Gasteiger charge is -2.18. The predicted octanol–water partition coefficient (Wildman–Crippen LogP) is 3.37. The van der Waals surface area contributed by atoms with E-state index in [9.17, 15) is 31.5 Å². The van der Waals surface area contributed by atoms with Crippen LogP contribution in [0.4, 0.5) is 22.0 Å². The first kappa shape index (κ1) is 18.8. The minimum Gasteiger partial charge on any atom is -0.291 e. The standard InChI is InChI=1S/C16H13F5N4O2/c1-2-9(7-3-5-8(6-4-7)16(19,20)21)25-13-10(11(24-25)12(17)18)14(26)23-15(27)22-13/h3-6,9,12H,2H2,1H3,(H2,22,23,26,27)/t9-/m1/s1. The summed E-state index contributed by atoms with van der Waals surface area (Å²) in [5.74, 6) is 0. The molecule has 0 saturated heterocycles. The first-order chi connectivity index (χ1) is 12.6. The van der Waals surface area contributed by atoms with Gasteiger partial charge in [-0.05, 0) is 24.1 Å². The van der Waals surface area contributed by atoms with Crippen LogP contribution >= 0.6 is 0 Å². The first-order valence-corrected chi connectivity index (χ1v) is 7.83. The monoisotopic (exact) mass is 388 g/mol. The largest absolute Gasteiger partial charge is 0.416 e. The lowest BCUT2D eigenvalue weighted by atomic mass is 10.0. The van der Waals surface area contributed by atoms with Crippen LogP contribution in [0.25, 0.3) is 11.0 Å². The number of hydrogen-bond acceptors (Lipinski definition) is 3. The van der Waals surface area contributed by atoms with E-state index in [1.165, 1.54) is 12.1 Å². The zero-order valence-corrected chi connectivity index (χ0v) is 13.8. The van der Waals surface area contributed by atoms with Crippen LogP contribution in [0.2, 0.25) is 0 Å². The highest BCUT2D eigenvalue weighted by molar-refractivity contribution is 5.77. The van der Waals surface area contributed by atoms with Gasteiger partial charge in [-0.15, -0.1) is 0 Å². The molecule has 0 bridgehead atoms. The average molecular weight is 388 g/mol. The molecule has 6 nitrogen and oxygen atoms in total. The number of fused-ring (bicyclic) bond motifs is 1. The highest BCUT2D eigenvalue weighted by atomic mass is 19.4. The van der Waals surface area contributed by atoms with Crippen molar-refractivity contribution in [3.63, 3.8) is 0 Å². The van der Waals surface area contributed by atoms with E-state index in [2.05, 4.69) is 10.1 Å². The molecule has 11 heteroatoms. The van der Waals surface area contributed by atoms with Crippen molar-refractivity contribution in [3.8, 4) is 0 Å². The Hall–Kier alpha value is -2.98. The summed E-state index contributed by atoms with van der Waals surface area (Å²) in [4.78, 5) is 27.7. The maximum atomic E-state index is 13.3. The van der Waals surface area contributed by atoms with Gasteiger partial charge in [-0.25, -0.2) is 18.3 Å². The fraction of sp³-hybridized carbons (Fsp3) is 0.312. The van der Waals surface area contributed by atoms with E-state index < -0.39 is 46.5 Å². The molecule has 27 heavy (non-hydrogen) atoms. The Morgan fingerprint density at radius 2 is 1.74 bits per heavy atom. The van der Waals surface area contributed by atoms with Gasteiger partial charge < -0.3 is 0 Å². The van der Waals surface area contributed by atoms with E-state index >= 15 is 0 Å². The number of benzene rings is 1. The molecule has 3 aromatic rings. The van der Waals surface area contributed by atoms with Gasteiger partial charge in [0, 0.05) is 0 Å². The molecule has 0 spiro atoms. The fourth-order valence-corrected chi connectivity index (χ4v) is 2.92. The number of nitrogens with zero attached hydrogens (tertiary/aromatic N) is 2. The van der Waals surface area contributed by atoms with Gasteiger partial charge in [0.05, 0.1) is 11.6 Å². The zero-order chi connectivity index (χ0) is 19.9. The van der Waals surface area contributed by atoms with Crippen molar-refractivity contribution in [2.45, 2.75) is 32.0 Å². The maximum Gasteiger partial charge on any atom is 0.416 e. The van der Waals surface area contributed by atoms with Gasteiger partial charge in [-0.2, -0.15) is 18.3 Å². The van der Waals surface area contributed by atoms with Gasteiger partial charge in [0.2, 0.25) is 0 Å². The SMILES string of the molecule is CC[C@H](c1ccc(C(F)(F)F)cc1)n1nc(C(F)F)c2c(=O)[nH]c(=O)[nH]c21. The molecule has 1 aromatic carbocycles. The van der Waals surface area contributed by atoms with Crippen LogP contribution < -0.4 is 11.2 Å². The van der Waals surface area contributed by atoms with Crippen molar-refractivity contribution in [2.24, 2.45) is 0 Å². The van der Waals surface area contributed by atoms with Crippen molar-refractivity contribution in [1.29, 1.82) is 0 Å². The lowest BCUT2D eigenvalue weighted by molar-refractivity contribution is -0.137. The number of nitrogens with one attached hydrogen (secondary N) is 2. The molecule has 0 radical (unpaired) electrons. The zero-order valence-electron chi connectivity index (χ0n) is 13.8. The summed E-state index contributed by atoms with van der Waals surface area (Å²) < 4.78 is 65.8. The summed E-state index contributed by atoms with van der Waals surface area (Å²) in [5.41, 5.74) is -3.45. The van der Waals surface area contributed by atoms with E-state index in [0.717, 1.165) is 16.8 Å². The summed E-state index contributed by atoms with van der Waals surface area (Å²) in [7, 11) is 0. The number of rotatable bonds is 4. The highest BCUT2D eigenvalue weighted by Gasteiger charge is 2.31. The minimum absolute atomic E-state index is 0.217. The van der Waals surface area contributed by atoms with Crippen LogP contribution in [0, 0.1) is 0 Å². The Morgan fingerprint density at radius 3 is 2.26 bits per heavy atom. The van der Waals surface area contributed by atoms with E-state index in [1.54, 1.807) is 6.92 Å². The number of aromatic nitrogens is 4. The molecule has 2 N–H and O–H groups in total. The molecule has 0 aliphatic rings. The Balaban J connectivity index is 2.20. The molecular weight excluding hydrogens is 375 g/mol. The van der Waals surface area contributed by atoms with Gasteiger partial charge >= 0.3 is 11.9 Å². The Morgan fingerprint density at radius 1 is 1.11 bits per heavy atom. The number of halogens is 5. The van der Waals surface area contributed by atoms with Gasteiger partial charge in [0.15, 0.2) is 0 Å². The highest BCUT2D eigenvalue weighted by Crippen LogP contribution is 2.32. The van der Waals surface area contributed by atoms with E-state index in [4.69, 9.17) is 0 Å². The third kappa shape index (κ3) is 3.36. The maximum absolute atomic E-state index is 13.3. The first-order valence-electron chi connectivity index (χ1n) is 7.83. The molecule has 0 unspecified atom stereocenters. The van der Waals surface area contributed by atoms with Crippen LogP contribution in [-0.2, 0) is 6.18 Å². The molecule has 0 aliphatic carbocycles. The Bertz CT molecular complexity index is 1080. The van der Waals surface area contributed by atoms with Crippen LogP contribution in [0.15, 0.2) is 33.9 Å². The number of H-pyrrole nitrogens is 2. The van der Waals surface area contributed by atoms with Crippen molar-refractivity contribution in [1.82, 2.24) is 19.7 Å². The summed E-state index contributed by atoms with van der Waals surface area (Å²) in [6.07, 6.45) is -7.33. The molecule has 0 aliphatic heterocycles.